The maximum absolute atomic E-state index is 13.8. The van der Waals surface area contributed by atoms with Gasteiger partial charge in [-0.05, 0) is 71.2 Å². The Hall–Kier alpha value is -3.57. The molecule has 0 N–H and O–H groups in total. The average molecular weight is 587 g/mol. The number of rotatable bonds is 6. The van der Waals surface area contributed by atoms with Gasteiger partial charge in [-0.15, -0.1) is 0 Å². The molecule has 2 aliphatic rings. The first-order valence-electron chi connectivity index (χ1n) is 11.4. The van der Waals surface area contributed by atoms with E-state index in [9.17, 15) is 9.59 Å². The number of carbonyl (C=O) groups excluding carboxylic acids is 1. The number of hydrogen-bond donors (Lipinski definition) is 0. The minimum atomic E-state index is -0.746. The van der Waals surface area contributed by atoms with Crippen LogP contribution in [0, 0.1) is 0 Å². The van der Waals surface area contributed by atoms with E-state index in [2.05, 4.69) is 20.9 Å². The second-order valence-electron chi connectivity index (χ2n) is 8.15. The number of fused-ring (bicyclic) bond motifs is 2. The van der Waals surface area contributed by atoms with E-state index in [1.165, 1.54) is 15.9 Å². The van der Waals surface area contributed by atoms with E-state index in [1.54, 1.807) is 52.3 Å². The first kappa shape index (κ1) is 25.1. The Morgan fingerprint density at radius 1 is 1.22 bits per heavy atom. The lowest BCUT2D eigenvalue weighted by atomic mass is 9.95. The number of carbonyl (C=O) groups is 1. The molecule has 1 aromatic heterocycles. The van der Waals surface area contributed by atoms with E-state index in [1.807, 2.05) is 12.1 Å². The van der Waals surface area contributed by atoms with Gasteiger partial charge in [0.25, 0.3) is 5.56 Å². The lowest BCUT2D eigenvalue weighted by Crippen LogP contribution is -2.39. The van der Waals surface area contributed by atoms with Crippen molar-refractivity contribution in [3.8, 4) is 23.0 Å². The summed E-state index contributed by atoms with van der Waals surface area (Å²) in [6.07, 6.45) is 1.76. The predicted octanol–water partition coefficient (Wildman–Crippen LogP) is 3.31. The SMILES string of the molecule is CCOC(=O)C1=C(C)N=c2s/c(=C\c3cc(Br)c(OC)c(OC)c3)c(=O)n2[C@@H]1c1ccc2c(c1)OCO2. The first-order valence-corrected chi connectivity index (χ1v) is 13.0. The van der Waals surface area contributed by atoms with Gasteiger partial charge in [0.1, 0.15) is 0 Å². The van der Waals surface area contributed by atoms with Gasteiger partial charge in [-0.1, -0.05) is 17.4 Å². The third-order valence-electron chi connectivity index (χ3n) is 5.98. The topological polar surface area (TPSA) is 97.6 Å². The van der Waals surface area contributed by atoms with Gasteiger partial charge in [0, 0.05) is 0 Å². The van der Waals surface area contributed by atoms with Crippen molar-refractivity contribution in [1.82, 2.24) is 4.57 Å². The van der Waals surface area contributed by atoms with Crippen LogP contribution in [0.4, 0.5) is 0 Å². The van der Waals surface area contributed by atoms with Gasteiger partial charge in [-0.3, -0.25) is 9.36 Å². The number of benzene rings is 2. The smallest absolute Gasteiger partial charge is 0.338 e. The Balaban J connectivity index is 1.71. The molecular weight excluding hydrogens is 564 g/mol. The molecule has 0 amide bonds. The second kappa shape index (κ2) is 10.1. The van der Waals surface area contributed by atoms with Crippen LogP contribution in [0.25, 0.3) is 6.08 Å². The molecule has 0 saturated carbocycles. The number of nitrogens with zero attached hydrogens (tertiary/aromatic N) is 2. The third kappa shape index (κ3) is 4.42. The molecular formula is C26H23BrN2O7S. The molecule has 11 heteroatoms. The van der Waals surface area contributed by atoms with Gasteiger partial charge in [0.2, 0.25) is 6.79 Å². The van der Waals surface area contributed by atoms with Gasteiger partial charge in [-0.25, -0.2) is 9.79 Å². The van der Waals surface area contributed by atoms with Crippen molar-refractivity contribution in [3.63, 3.8) is 0 Å². The number of allylic oxidation sites excluding steroid dienone is 1. The highest BCUT2D eigenvalue weighted by Crippen LogP contribution is 2.39. The normalized spacial score (nSPS) is 16.4. The Labute approximate surface area is 224 Å². The second-order valence-corrected chi connectivity index (χ2v) is 10.0. The molecule has 0 aliphatic carbocycles. The zero-order chi connectivity index (χ0) is 26.3. The summed E-state index contributed by atoms with van der Waals surface area (Å²) in [6, 6.07) is 8.25. The average Bonchev–Trinajstić information content (AvgIpc) is 3.46. The molecule has 9 nitrogen and oxygen atoms in total. The van der Waals surface area contributed by atoms with Crippen LogP contribution in [0.5, 0.6) is 23.0 Å². The first-order chi connectivity index (χ1) is 17.9. The van der Waals surface area contributed by atoms with Crippen molar-refractivity contribution in [1.29, 1.82) is 0 Å². The third-order valence-corrected chi connectivity index (χ3v) is 7.56. The fraction of sp³-hybridized carbons (Fsp3) is 0.269. The zero-order valence-corrected chi connectivity index (χ0v) is 22.9. The van der Waals surface area contributed by atoms with Crippen molar-refractivity contribution in [2.24, 2.45) is 4.99 Å². The molecule has 0 fully saturated rings. The summed E-state index contributed by atoms with van der Waals surface area (Å²) in [4.78, 5) is 32.0. The number of halogens is 1. The number of ether oxygens (including phenoxy) is 5. The standard InChI is InChI=1S/C26H23BrN2O7S/c1-5-34-25(31)21-13(2)28-26-29(22(21)15-6-7-17-18(11-15)36-12-35-17)24(30)20(37-26)10-14-8-16(27)23(33-4)19(9-14)32-3/h6-11,22H,5,12H2,1-4H3/b20-10-/t22-/m1/s1. The van der Waals surface area contributed by atoms with Crippen LogP contribution < -0.4 is 33.8 Å². The molecule has 2 aromatic carbocycles. The van der Waals surface area contributed by atoms with Crippen LogP contribution in [0.3, 0.4) is 0 Å². The Morgan fingerprint density at radius 3 is 2.73 bits per heavy atom. The maximum Gasteiger partial charge on any atom is 0.338 e. The Kier molecular flexibility index (Phi) is 6.82. The van der Waals surface area contributed by atoms with Crippen LogP contribution in [0.1, 0.15) is 31.0 Å². The lowest BCUT2D eigenvalue weighted by molar-refractivity contribution is -0.139. The van der Waals surface area contributed by atoms with E-state index in [4.69, 9.17) is 23.7 Å². The summed E-state index contributed by atoms with van der Waals surface area (Å²) < 4.78 is 29.9. The largest absolute Gasteiger partial charge is 0.493 e. The van der Waals surface area contributed by atoms with Crippen molar-refractivity contribution >= 4 is 39.3 Å². The molecule has 0 saturated heterocycles. The van der Waals surface area contributed by atoms with Crippen LogP contribution in [-0.2, 0) is 9.53 Å². The quantitative estimate of drug-likeness (QED) is 0.409. The Morgan fingerprint density at radius 2 is 2.00 bits per heavy atom. The van der Waals surface area contributed by atoms with Gasteiger partial charge < -0.3 is 23.7 Å². The fourth-order valence-corrected chi connectivity index (χ4v) is 6.03. The number of methoxy groups -OCH3 is 2. The molecule has 0 unspecified atom stereocenters. The molecule has 37 heavy (non-hydrogen) atoms. The molecule has 3 heterocycles. The van der Waals surface area contributed by atoms with E-state index >= 15 is 0 Å². The van der Waals surface area contributed by atoms with Crippen molar-refractivity contribution in [2.45, 2.75) is 19.9 Å². The van der Waals surface area contributed by atoms with E-state index in [-0.39, 0.29) is 19.0 Å². The summed E-state index contributed by atoms with van der Waals surface area (Å²) in [6.45, 7) is 3.79. The van der Waals surface area contributed by atoms with E-state index in [0.29, 0.717) is 53.6 Å². The molecule has 192 valence electrons. The fourth-order valence-electron chi connectivity index (χ4n) is 4.36. The summed E-state index contributed by atoms with van der Waals surface area (Å²) in [5.74, 6) is 1.71. The highest BCUT2D eigenvalue weighted by atomic mass is 79.9. The highest BCUT2D eigenvalue weighted by molar-refractivity contribution is 9.10. The number of hydrogen-bond acceptors (Lipinski definition) is 9. The summed E-state index contributed by atoms with van der Waals surface area (Å²) in [7, 11) is 3.10. The number of esters is 1. The molecule has 0 spiro atoms. The molecule has 1 atom stereocenters. The molecule has 3 aromatic rings. The van der Waals surface area contributed by atoms with E-state index < -0.39 is 12.0 Å². The van der Waals surface area contributed by atoms with Gasteiger partial charge >= 0.3 is 5.97 Å². The van der Waals surface area contributed by atoms with Gasteiger partial charge in [0.15, 0.2) is 27.8 Å². The minimum Gasteiger partial charge on any atom is -0.493 e. The lowest BCUT2D eigenvalue weighted by Gasteiger charge is -2.24. The molecule has 0 radical (unpaired) electrons. The van der Waals surface area contributed by atoms with Crippen LogP contribution in [0.15, 0.2) is 55.9 Å². The van der Waals surface area contributed by atoms with Gasteiger partial charge in [-0.2, -0.15) is 0 Å². The molecule has 0 bridgehead atoms. The summed E-state index contributed by atoms with van der Waals surface area (Å²) in [5, 5.41) is 0. The highest BCUT2D eigenvalue weighted by Gasteiger charge is 2.34. The summed E-state index contributed by atoms with van der Waals surface area (Å²) >= 11 is 4.73. The molecule has 2 aliphatic heterocycles. The number of thiazole rings is 1. The zero-order valence-electron chi connectivity index (χ0n) is 20.5. The van der Waals surface area contributed by atoms with E-state index in [0.717, 1.165) is 5.56 Å². The van der Waals surface area contributed by atoms with Crippen LogP contribution >= 0.6 is 27.3 Å². The summed E-state index contributed by atoms with van der Waals surface area (Å²) in [5.41, 5.74) is 1.92. The van der Waals surface area contributed by atoms with Crippen molar-refractivity contribution in [2.75, 3.05) is 27.6 Å². The van der Waals surface area contributed by atoms with Crippen LogP contribution in [-0.4, -0.2) is 38.2 Å². The number of aromatic nitrogens is 1. The van der Waals surface area contributed by atoms with Crippen molar-refractivity contribution in [3.05, 3.63) is 76.9 Å². The maximum atomic E-state index is 13.8. The Bertz CT molecular complexity index is 1620. The predicted molar refractivity (Wildman–Crippen MR) is 140 cm³/mol. The molecule has 5 rings (SSSR count). The minimum absolute atomic E-state index is 0.113. The van der Waals surface area contributed by atoms with Crippen molar-refractivity contribution < 1.29 is 28.5 Å². The van der Waals surface area contributed by atoms with Gasteiger partial charge in [0.05, 0.1) is 47.1 Å². The monoisotopic (exact) mass is 586 g/mol. The van der Waals surface area contributed by atoms with Crippen LogP contribution in [0.2, 0.25) is 0 Å².